The van der Waals surface area contributed by atoms with Crippen molar-refractivity contribution in [2.75, 3.05) is 23.8 Å². The molecule has 0 unspecified atom stereocenters. The Morgan fingerprint density at radius 3 is 2.78 bits per heavy atom. The molecular weight excluding hydrogens is 488 g/mol. The minimum atomic E-state index is -2.77. The number of carbonyl (C=O) groups is 1. The number of hydrogen-bond donors (Lipinski definition) is 2. The third-order valence-electron chi connectivity index (χ3n) is 6.68. The molecular formula is C27H28ClF2N3O3. The van der Waals surface area contributed by atoms with Gasteiger partial charge in [-0.1, -0.05) is 41.9 Å². The molecule has 6 nitrogen and oxygen atoms in total. The molecule has 1 aliphatic carbocycles. The fraction of sp³-hybridized carbons (Fsp3) is 0.407. The van der Waals surface area contributed by atoms with E-state index in [0.717, 1.165) is 17.4 Å². The maximum atomic E-state index is 13.3. The van der Waals surface area contributed by atoms with Crippen molar-refractivity contribution in [1.29, 1.82) is 0 Å². The fourth-order valence-corrected chi connectivity index (χ4v) is 4.88. The highest BCUT2D eigenvalue weighted by atomic mass is 35.5. The number of alkyl halides is 2. The number of fused-ring (bicyclic) bond motifs is 1. The summed E-state index contributed by atoms with van der Waals surface area (Å²) in [6.45, 7) is 1.55. The molecule has 1 saturated carbocycles. The number of pyridine rings is 1. The molecule has 0 radical (unpaired) electrons. The Hall–Kier alpha value is -2.81. The number of aromatic nitrogens is 1. The summed E-state index contributed by atoms with van der Waals surface area (Å²) in [5.41, 5.74) is 2.95. The highest BCUT2D eigenvalue weighted by molar-refractivity contribution is 6.31. The van der Waals surface area contributed by atoms with Crippen LogP contribution in [0.1, 0.15) is 31.2 Å². The molecule has 190 valence electrons. The summed E-state index contributed by atoms with van der Waals surface area (Å²) >= 11 is 6.27. The average molecular weight is 516 g/mol. The van der Waals surface area contributed by atoms with Crippen LogP contribution in [-0.2, 0) is 20.9 Å². The first-order valence-corrected chi connectivity index (χ1v) is 12.5. The van der Waals surface area contributed by atoms with Gasteiger partial charge in [-0.25, -0.2) is 8.78 Å². The Kier molecular flexibility index (Phi) is 7.37. The lowest BCUT2D eigenvalue weighted by molar-refractivity contribution is -0.145. The summed E-state index contributed by atoms with van der Waals surface area (Å²) in [5, 5.41) is 7.66. The minimum absolute atomic E-state index is 0.0531. The monoisotopic (exact) mass is 515 g/mol. The van der Waals surface area contributed by atoms with E-state index in [-0.39, 0.29) is 12.1 Å². The van der Waals surface area contributed by atoms with Gasteiger partial charge in [0.2, 0.25) is 11.8 Å². The normalized spacial score (nSPS) is 21.6. The zero-order valence-electron chi connectivity index (χ0n) is 19.7. The van der Waals surface area contributed by atoms with Crippen LogP contribution in [0.4, 0.5) is 20.2 Å². The van der Waals surface area contributed by atoms with Crippen LogP contribution in [0, 0.1) is 5.92 Å². The number of benzene rings is 2. The number of carbonyl (C=O) groups excluding carboxylic acids is 1. The molecule has 36 heavy (non-hydrogen) atoms. The van der Waals surface area contributed by atoms with Crippen molar-refractivity contribution in [3.8, 4) is 0 Å². The Labute approximate surface area is 213 Å². The molecule has 2 N–H and O–H groups in total. The van der Waals surface area contributed by atoms with Gasteiger partial charge in [-0.2, -0.15) is 0 Å². The SMILES string of the molecule is O=C(Nc1cnc2ccc(Cl)cc2c1N[C@@H]1CCO[C@H](COCc2ccccc2)C1)C1CC(F)(F)C1. The predicted octanol–water partition coefficient (Wildman–Crippen LogP) is 6.05. The first kappa shape index (κ1) is 24.9. The van der Waals surface area contributed by atoms with Crippen LogP contribution in [0.3, 0.4) is 0 Å². The van der Waals surface area contributed by atoms with Crippen LogP contribution < -0.4 is 10.6 Å². The van der Waals surface area contributed by atoms with E-state index in [1.807, 2.05) is 36.4 Å². The molecule has 2 atom stereocenters. The number of rotatable bonds is 8. The number of nitrogens with one attached hydrogen (secondary N) is 2. The van der Waals surface area contributed by atoms with Gasteiger partial charge < -0.3 is 20.1 Å². The smallest absolute Gasteiger partial charge is 0.249 e. The zero-order valence-corrected chi connectivity index (χ0v) is 20.4. The third kappa shape index (κ3) is 5.94. The number of amides is 1. The minimum Gasteiger partial charge on any atom is -0.380 e. The van der Waals surface area contributed by atoms with Crippen LogP contribution in [0.25, 0.3) is 10.9 Å². The van der Waals surface area contributed by atoms with Crippen molar-refractivity contribution in [3.63, 3.8) is 0 Å². The Balaban J connectivity index is 1.29. The van der Waals surface area contributed by atoms with Crippen LogP contribution in [0.5, 0.6) is 0 Å². The largest absolute Gasteiger partial charge is 0.380 e. The molecule has 9 heteroatoms. The van der Waals surface area contributed by atoms with Gasteiger partial charge in [0.1, 0.15) is 0 Å². The highest BCUT2D eigenvalue weighted by Gasteiger charge is 2.48. The quantitative estimate of drug-likeness (QED) is 0.382. The van der Waals surface area contributed by atoms with Gasteiger partial charge in [-0.15, -0.1) is 0 Å². The first-order chi connectivity index (χ1) is 17.4. The van der Waals surface area contributed by atoms with Crippen LogP contribution in [0.15, 0.2) is 54.7 Å². The van der Waals surface area contributed by atoms with Crippen LogP contribution in [0.2, 0.25) is 5.02 Å². The van der Waals surface area contributed by atoms with Gasteiger partial charge in [-0.3, -0.25) is 9.78 Å². The molecule has 0 spiro atoms. The van der Waals surface area contributed by atoms with Gasteiger partial charge in [0.15, 0.2) is 0 Å². The Bertz CT molecular complexity index is 1220. The van der Waals surface area contributed by atoms with Gasteiger partial charge in [-0.05, 0) is 36.6 Å². The van der Waals surface area contributed by atoms with E-state index in [1.165, 1.54) is 0 Å². The number of halogens is 3. The topological polar surface area (TPSA) is 72.5 Å². The van der Waals surface area contributed by atoms with Crippen molar-refractivity contribution < 1.29 is 23.0 Å². The van der Waals surface area contributed by atoms with E-state index in [9.17, 15) is 13.6 Å². The van der Waals surface area contributed by atoms with Crippen LogP contribution >= 0.6 is 11.6 Å². The third-order valence-corrected chi connectivity index (χ3v) is 6.91. The van der Waals surface area contributed by atoms with Gasteiger partial charge in [0, 0.05) is 41.8 Å². The molecule has 1 amide bonds. The molecule has 0 bridgehead atoms. The number of nitrogens with zero attached hydrogens (tertiary/aromatic N) is 1. The van der Waals surface area contributed by atoms with Gasteiger partial charge in [0.25, 0.3) is 0 Å². The van der Waals surface area contributed by atoms with E-state index in [0.29, 0.717) is 48.2 Å². The van der Waals surface area contributed by atoms with E-state index in [2.05, 4.69) is 15.6 Å². The van der Waals surface area contributed by atoms with E-state index < -0.39 is 30.6 Å². The fourth-order valence-electron chi connectivity index (χ4n) is 4.71. The van der Waals surface area contributed by atoms with Crippen LogP contribution in [-0.4, -0.2) is 42.2 Å². The number of hydrogen-bond acceptors (Lipinski definition) is 5. The molecule has 2 aliphatic rings. The van der Waals surface area contributed by atoms with Crippen molar-refractivity contribution in [1.82, 2.24) is 4.98 Å². The maximum Gasteiger partial charge on any atom is 0.249 e. The lowest BCUT2D eigenvalue weighted by Crippen LogP contribution is -2.42. The number of anilines is 2. The lowest BCUT2D eigenvalue weighted by atomic mass is 9.81. The Morgan fingerprint density at radius 1 is 1.19 bits per heavy atom. The van der Waals surface area contributed by atoms with Gasteiger partial charge >= 0.3 is 0 Å². The average Bonchev–Trinajstić information content (AvgIpc) is 2.85. The molecule has 2 heterocycles. The van der Waals surface area contributed by atoms with Gasteiger partial charge in [0.05, 0.1) is 42.4 Å². The standard InChI is InChI=1S/C27H28ClF2N3O3/c28-19-6-7-23-22(10-19)25(24(14-31-23)33-26(34)18-12-27(29,30)13-18)32-20-8-9-36-21(11-20)16-35-15-17-4-2-1-3-5-17/h1-7,10,14,18,20-21H,8-9,11-13,15-16H2,(H,31,32)(H,33,34)/t20-,21+/m1/s1. The molecule has 1 aliphatic heterocycles. The summed E-state index contributed by atoms with van der Waals surface area (Å²) in [5.74, 6) is -3.90. The predicted molar refractivity (Wildman–Crippen MR) is 136 cm³/mol. The summed E-state index contributed by atoms with van der Waals surface area (Å²) in [6.07, 6.45) is 2.10. The second-order valence-electron chi connectivity index (χ2n) is 9.52. The summed E-state index contributed by atoms with van der Waals surface area (Å²) in [7, 11) is 0. The maximum absolute atomic E-state index is 13.3. The summed E-state index contributed by atoms with van der Waals surface area (Å²) in [6, 6.07) is 15.4. The Morgan fingerprint density at radius 2 is 2.00 bits per heavy atom. The van der Waals surface area contributed by atoms with Crippen molar-refractivity contribution in [2.24, 2.45) is 5.92 Å². The zero-order chi connectivity index (χ0) is 25.1. The van der Waals surface area contributed by atoms with E-state index in [4.69, 9.17) is 21.1 Å². The summed E-state index contributed by atoms with van der Waals surface area (Å²) in [4.78, 5) is 17.1. The first-order valence-electron chi connectivity index (χ1n) is 12.1. The van der Waals surface area contributed by atoms with Crippen molar-refractivity contribution >= 4 is 39.8 Å². The van der Waals surface area contributed by atoms with Crippen molar-refractivity contribution in [2.45, 2.75) is 50.4 Å². The highest BCUT2D eigenvalue weighted by Crippen LogP contribution is 2.43. The molecule has 5 rings (SSSR count). The molecule has 2 aromatic carbocycles. The number of ether oxygens (including phenoxy) is 2. The molecule has 3 aromatic rings. The molecule has 1 aromatic heterocycles. The van der Waals surface area contributed by atoms with Crippen molar-refractivity contribution in [3.05, 3.63) is 65.3 Å². The van der Waals surface area contributed by atoms with E-state index in [1.54, 1.807) is 18.3 Å². The second-order valence-corrected chi connectivity index (χ2v) is 9.95. The molecule has 2 fully saturated rings. The second kappa shape index (κ2) is 10.7. The summed E-state index contributed by atoms with van der Waals surface area (Å²) < 4.78 is 38.4. The molecule has 1 saturated heterocycles. The lowest BCUT2D eigenvalue weighted by Gasteiger charge is -2.34. The van der Waals surface area contributed by atoms with E-state index >= 15 is 0 Å².